The maximum atomic E-state index is 14.3. The predicted octanol–water partition coefficient (Wildman–Crippen LogP) is 4.17. The first-order valence-electron chi connectivity index (χ1n) is 8.60. The minimum atomic E-state index is -1.09. The van der Waals surface area contributed by atoms with Crippen LogP contribution in [0.3, 0.4) is 0 Å². The Balaban J connectivity index is 2.02. The smallest absolute Gasteiger partial charge is 0.349 e. The summed E-state index contributed by atoms with van der Waals surface area (Å²) in [4.78, 5) is 27.2. The summed E-state index contributed by atoms with van der Waals surface area (Å²) in [5.74, 6) is -1.47. The van der Waals surface area contributed by atoms with Crippen LogP contribution in [0.1, 0.15) is 26.9 Å². The predicted molar refractivity (Wildman–Crippen MR) is 106 cm³/mol. The van der Waals surface area contributed by atoms with Gasteiger partial charge in [-0.15, -0.1) is 11.3 Å². The highest BCUT2D eigenvalue weighted by atomic mass is 32.1. The van der Waals surface area contributed by atoms with Crippen LogP contribution in [-0.4, -0.2) is 38.0 Å². The van der Waals surface area contributed by atoms with Crippen molar-refractivity contribution in [2.45, 2.75) is 12.7 Å². The summed E-state index contributed by atoms with van der Waals surface area (Å²) in [6.45, 7) is 0.0585. The zero-order valence-corrected chi connectivity index (χ0v) is 16.6. The van der Waals surface area contributed by atoms with Crippen LogP contribution in [0.5, 0.6) is 0 Å². The van der Waals surface area contributed by atoms with Crippen molar-refractivity contribution in [1.82, 2.24) is 4.90 Å². The van der Waals surface area contributed by atoms with Crippen molar-refractivity contribution >= 4 is 33.3 Å². The Kier molecular flexibility index (Phi) is 6.06. The van der Waals surface area contributed by atoms with Gasteiger partial charge in [0.25, 0.3) is 5.91 Å². The van der Waals surface area contributed by atoms with E-state index in [0.29, 0.717) is 21.2 Å². The molecule has 0 saturated carbocycles. The fraction of sp³-hybridized carbons (Fsp3) is 0.238. The second-order valence-corrected chi connectivity index (χ2v) is 7.44. The first-order valence-corrected chi connectivity index (χ1v) is 9.41. The lowest BCUT2D eigenvalue weighted by Crippen LogP contribution is -2.31. The van der Waals surface area contributed by atoms with Crippen molar-refractivity contribution in [1.29, 1.82) is 0 Å². The second kappa shape index (κ2) is 8.50. The van der Waals surface area contributed by atoms with E-state index in [1.54, 1.807) is 50.5 Å². The van der Waals surface area contributed by atoms with Gasteiger partial charge < -0.3 is 14.4 Å². The summed E-state index contributed by atoms with van der Waals surface area (Å²) < 4.78 is 25.7. The van der Waals surface area contributed by atoms with E-state index >= 15 is 0 Å². The molecule has 1 unspecified atom stereocenters. The number of ether oxygens (including phenoxy) is 2. The minimum Gasteiger partial charge on any atom is -0.443 e. The third-order valence-electron chi connectivity index (χ3n) is 4.23. The Morgan fingerprint density at radius 1 is 1.11 bits per heavy atom. The van der Waals surface area contributed by atoms with Gasteiger partial charge in [0.2, 0.25) is 6.10 Å². The largest absolute Gasteiger partial charge is 0.443 e. The number of amides is 1. The van der Waals surface area contributed by atoms with Gasteiger partial charge in [0.1, 0.15) is 10.7 Å². The van der Waals surface area contributed by atoms with Crippen LogP contribution in [0, 0.1) is 5.82 Å². The van der Waals surface area contributed by atoms with Gasteiger partial charge in [0.05, 0.1) is 6.61 Å². The van der Waals surface area contributed by atoms with Crippen LogP contribution in [0.25, 0.3) is 10.1 Å². The highest BCUT2D eigenvalue weighted by molar-refractivity contribution is 7.21. The lowest BCUT2D eigenvalue weighted by atomic mass is 10.1. The standard InChI is InChI=1S/C21H20FNO4S/c1-23(2)20(24)18(13-8-5-4-6-9-13)27-21(25)19-14(12-26-3)17-15(22)10-7-11-16(17)28-19/h4-11,18H,12H2,1-3H3. The molecule has 28 heavy (non-hydrogen) atoms. The summed E-state index contributed by atoms with van der Waals surface area (Å²) in [6, 6.07) is 13.5. The molecule has 7 heteroatoms. The molecule has 1 amide bonds. The Labute approximate surface area is 166 Å². The van der Waals surface area contributed by atoms with Crippen LogP contribution >= 0.6 is 11.3 Å². The number of rotatable bonds is 6. The van der Waals surface area contributed by atoms with Gasteiger partial charge in [-0.3, -0.25) is 4.79 Å². The molecule has 3 aromatic rings. The van der Waals surface area contributed by atoms with Crippen LogP contribution in [0.2, 0.25) is 0 Å². The van der Waals surface area contributed by atoms with Gasteiger partial charge >= 0.3 is 5.97 Å². The number of thiophene rings is 1. The Morgan fingerprint density at radius 2 is 1.82 bits per heavy atom. The molecule has 1 atom stereocenters. The molecule has 1 heterocycles. The number of methoxy groups -OCH3 is 1. The van der Waals surface area contributed by atoms with E-state index in [1.165, 1.54) is 18.1 Å². The number of fused-ring (bicyclic) bond motifs is 1. The van der Waals surface area contributed by atoms with Gasteiger partial charge in [0, 0.05) is 42.4 Å². The van der Waals surface area contributed by atoms with Crippen LogP contribution in [0.4, 0.5) is 4.39 Å². The van der Waals surface area contributed by atoms with Crippen LogP contribution < -0.4 is 0 Å². The molecule has 0 fully saturated rings. The van der Waals surface area contributed by atoms with Crippen molar-refractivity contribution in [2.75, 3.05) is 21.2 Å². The zero-order valence-electron chi connectivity index (χ0n) is 15.8. The summed E-state index contributed by atoms with van der Waals surface area (Å²) in [7, 11) is 4.66. The zero-order chi connectivity index (χ0) is 20.3. The molecule has 5 nitrogen and oxygen atoms in total. The number of hydrogen-bond donors (Lipinski definition) is 0. The molecule has 0 spiro atoms. The molecule has 0 saturated heterocycles. The topological polar surface area (TPSA) is 55.8 Å². The van der Waals surface area contributed by atoms with E-state index < -0.39 is 17.9 Å². The molecule has 0 N–H and O–H groups in total. The molecular formula is C21H20FNO4S. The number of hydrogen-bond acceptors (Lipinski definition) is 5. The van der Waals surface area contributed by atoms with Crippen molar-refractivity contribution in [3.63, 3.8) is 0 Å². The third kappa shape index (κ3) is 3.90. The number of esters is 1. The summed E-state index contributed by atoms with van der Waals surface area (Å²) >= 11 is 1.12. The highest BCUT2D eigenvalue weighted by Crippen LogP contribution is 2.35. The fourth-order valence-corrected chi connectivity index (χ4v) is 4.00. The molecule has 0 radical (unpaired) electrons. The maximum Gasteiger partial charge on any atom is 0.349 e. The Hall–Kier alpha value is -2.77. The molecule has 0 aliphatic rings. The van der Waals surface area contributed by atoms with Gasteiger partial charge in [-0.1, -0.05) is 36.4 Å². The summed E-state index contributed by atoms with van der Waals surface area (Å²) in [5.41, 5.74) is 0.991. The lowest BCUT2D eigenvalue weighted by Gasteiger charge is -2.21. The molecule has 2 aromatic carbocycles. The molecule has 146 valence electrons. The van der Waals surface area contributed by atoms with Gasteiger partial charge in [0.15, 0.2) is 0 Å². The summed E-state index contributed by atoms with van der Waals surface area (Å²) in [5, 5.41) is 0.344. The van der Waals surface area contributed by atoms with Crippen LogP contribution in [0.15, 0.2) is 48.5 Å². The molecule has 0 aliphatic carbocycles. The van der Waals surface area contributed by atoms with Crippen molar-refractivity contribution in [2.24, 2.45) is 0 Å². The van der Waals surface area contributed by atoms with E-state index in [9.17, 15) is 14.0 Å². The molecule has 0 aliphatic heterocycles. The average Bonchev–Trinajstić information content (AvgIpc) is 3.06. The van der Waals surface area contributed by atoms with Crippen LogP contribution in [-0.2, 0) is 20.9 Å². The first kappa shape index (κ1) is 20.0. The van der Waals surface area contributed by atoms with Gasteiger partial charge in [-0.25, -0.2) is 9.18 Å². The number of benzene rings is 2. The summed E-state index contributed by atoms with van der Waals surface area (Å²) in [6.07, 6.45) is -1.09. The SMILES string of the molecule is COCc1c(C(=O)OC(C(=O)N(C)C)c2ccccc2)sc2cccc(F)c12. The van der Waals surface area contributed by atoms with Gasteiger partial charge in [-0.05, 0) is 12.1 Å². The van der Waals surface area contributed by atoms with Crippen molar-refractivity contribution in [3.8, 4) is 0 Å². The molecule has 1 aromatic heterocycles. The van der Waals surface area contributed by atoms with E-state index in [2.05, 4.69) is 0 Å². The lowest BCUT2D eigenvalue weighted by molar-refractivity contribution is -0.138. The van der Waals surface area contributed by atoms with Crippen molar-refractivity contribution < 1.29 is 23.5 Å². The van der Waals surface area contributed by atoms with Gasteiger partial charge in [-0.2, -0.15) is 0 Å². The number of carbonyl (C=O) groups is 2. The number of carbonyl (C=O) groups excluding carboxylic acids is 2. The number of halogens is 1. The molecule has 3 rings (SSSR count). The van der Waals surface area contributed by atoms with E-state index in [0.717, 1.165) is 11.3 Å². The van der Waals surface area contributed by atoms with E-state index in [4.69, 9.17) is 9.47 Å². The third-order valence-corrected chi connectivity index (χ3v) is 5.41. The molecular weight excluding hydrogens is 381 g/mol. The Morgan fingerprint density at radius 3 is 2.46 bits per heavy atom. The molecule has 0 bridgehead atoms. The normalized spacial score (nSPS) is 12.0. The highest BCUT2D eigenvalue weighted by Gasteiger charge is 2.29. The second-order valence-electron chi connectivity index (χ2n) is 6.38. The van der Waals surface area contributed by atoms with E-state index in [-0.39, 0.29) is 17.4 Å². The fourth-order valence-electron chi connectivity index (χ4n) is 2.90. The Bertz CT molecular complexity index is 1000. The first-order chi connectivity index (χ1) is 13.4. The number of likely N-dealkylation sites (N-methyl/N-ethyl adjacent to an activating group) is 1. The van der Waals surface area contributed by atoms with Crippen molar-refractivity contribution in [3.05, 3.63) is 70.4 Å². The minimum absolute atomic E-state index is 0.0585. The number of nitrogens with zero attached hydrogens (tertiary/aromatic N) is 1. The quantitative estimate of drug-likeness (QED) is 0.582. The maximum absolute atomic E-state index is 14.3. The van der Waals surface area contributed by atoms with E-state index in [1.807, 2.05) is 6.07 Å². The monoisotopic (exact) mass is 401 g/mol. The average molecular weight is 401 g/mol.